The number of nitrogens with two attached hydrogens (primary N) is 1. The normalized spacial score (nSPS) is 15.3. The molecular weight excluding hydrogens is 156 g/mol. The van der Waals surface area contributed by atoms with Gasteiger partial charge >= 0.3 is 0 Å². The molecule has 12 heavy (non-hydrogen) atoms. The molecule has 0 bridgehead atoms. The van der Waals surface area contributed by atoms with Crippen molar-refractivity contribution in [3.63, 3.8) is 0 Å². The van der Waals surface area contributed by atoms with Gasteiger partial charge in [-0.05, 0) is 12.8 Å². The number of aliphatic hydroxyl groups is 1. The second-order valence-electron chi connectivity index (χ2n) is 2.81. The molecule has 0 fully saturated rings. The fourth-order valence-corrected chi connectivity index (χ4v) is 0.770. The van der Waals surface area contributed by atoms with E-state index in [0.29, 0.717) is 6.42 Å². The summed E-state index contributed by atoms with van der Waals surface area (Å²) < 4.78 is 0. The van der Waals surface area contributed by atoms with E-state index in [1.165, 1.54) is 0 Å². The predicted octanol–water partition coefficient (Wildman–Crippen LogP) is -0.389. The number of aliphatic hydroxyl groups excluding tert-OH is 1. The van der Waals surface area contributed by atoms with Gasteiger partial charge in [-0.25, -0.2) is 0 Å². The van der Waals surface area contributed by atoms with Crippen LogP contribution in [0.15, 0.2) is 0 Å². The largest absolute Gasteiger partial charge is 0.394 e. The Bertz CT molecular complexity index is 135. The molecule has 0 heterocycles. The number of hydrogen-bond acceptors (Lipinski definition) is 3. The smallest absolute Gasteiger partial charge is 0.237 e. The molecule has 0 spiro atoms. The molecule has 0 radical (unpaired) electrons. The van der Waals surface area contributed by atoms with Crippen LogP contribution in [0.25, 0.3) is 0 Å². The van der Waals surface area contributed by atoms with Crippen molar-refractivity contribution in [3.8, 4) is 0 Å². The van der Waals surface area contributed by atoms with E-state index in [1.54, 1.807) is 0 Å². The van der Waals surface area contributed by atoms with Gasteiger partial charge in [0.25, 0.3) is 0 Å². The highest BCUT2D eigenvalue weighted by Gasteiger charge is 2.14. The highest BCUT2D eigenvalue weighted by Crippen LogP contribution is 1.92. The zero-order chi connectivity index (χ0) is 9.56. The first-order chi connectivity index (χ1) is 5.65. The molecule has 1 unspecified atom stereocenters. The zero-order valence-corrected chi connectivity index (χ0v) is 7.71. The van der Waals surface area contributed by atoms with Gasteiger partial charge in [-0.1, -0.05) is 13.8 Å². The summed E-state index contributed by atoms with van der Waals surface area (Å²) in [6, 6.07) is -0.610. The van der Waals surface area contributed by atoms with E-state index >= 15 is 0 Å². The monoisotopic (exact) mass is 174 g/mol. The van der Waals surface area contributed by atoms with Crippen LogP contribution in [0.3, 0.4) is 0 Å². The van der Waals surface area contributed by atoms with Crippen LogP contribution in [-0.4, -0.2) is 29.7 Å². The Hall–Kier alpha value is -0.610. The van der Waals surface area contributed by atoms with Gasteiger partial charge in [-0.2, -0.15) is 0 Å². The van der Waals surface area contributed by atoms with Crippen molar-refractivity contribution in [2.24, 2.45) is 5.73 Å². The number of carbonyl (C=O) groups excluding carboxylic acids is 1. The molecule has 4 heteroatoms. The van der Waals surface area contributed by atoms with Crippen molar-refractivity contribution in [2.75, 3.05) is 6.61 Å². The van der Waals surface area contributed by atoms with Gasteiger partial charge in [0, 0.05) is 0 Å². The Balaban J connectivity index is 3.81. The molecule has 4 N–H and O–H groups in total. The highest BCUT2D eigenvalue weighted by molar-refractivity contribution is 5.81. The number of hydrogen-bond donors (Lipinski definition) is 3. The highest BCUT2D eigenvalue weighted by atomic mass is 16.3. The van der Waals surface area contributed by atoms with Crippen molar-refractivity contribution in [2.45, 2.75) is 38.8 Å². The maximum absolute atomic E-state index is 11.2. The van der Waals surface area contributed by atoms with E-state index in [2.05, 4.69) is 5.32 Å². The van der Waals surface area contributed by atoms with Crippen molar-refractivity contribution < 1.29 is 9.90 Å². The van der Waals surface area contributed by atoms with Gasteiger partial charge in [0.05, 0.1) is 18.7 Å². The summed E-state index contributed by atoms with van der Waals surface area (Å²) in [6.45, 7) is 3.72. The van der Waals surface area contributed by atoms with Crippen LogP contribution in [0, 0.1) is 0 Å². The SMILES string of the molecule is CCC(CO)NC(=O)[C@H](N)CC. The van der Waals surface area contributed by atoms with Crippen LogP contribution in [0.4, 0.5) is 0 Å². The van der Waals surface area contributed by atoms with Gasteiger partial charge in [0.1, 0.15) is 0 Å². The van der Waals surface area contributed by atoms with Crippen LogP contribution in [0.1, 0.15) is 26.7 Å². The lowest BCUT2D eigenvalue weighted by Crippen LogP contribution is -2.46. The quantitative estimate of drug-likeness (QED) is 0.531. The summed E-state index contributed by atoms with van der Waals surface area (Å²) in [5.41, 5.74) is 5.48. The number of amides is 1. The Kier molecular flexibility index (Phi) is 5.66. The van der Waals surface area contributed by atoms with E-state index < -0.39 is 6.04 Å². The third kappa shape index (κ3) is 3.69. The van der Waals surface area contributed by atoms with Crippen molar-refractivity contribution >= 4 is 5.91 Å². The number of rotatable bonds is 5. The topological polar surface area (TPSA) is 75.3 Å². The molecule has 0 aromatic carbocycles. The summed E-state index contributed by atoms with van der Waals surface area (Å²) >= 11 is 0. The fourth-order valence-electron chi connectivity index (χ4n) is 0.770. The first-order valence-electron chi connectivity index (χ1n) is 4.32. The number of nitrogens with one attached hydrogen (secondary N) is 1. The minimum Gasteiger partial charge on any atom is -0.394 e. The van der Waals surface area contributed by atoms with E-state index in [9.17, 15) is 4.79 Å². The first kappa shape index (κ1) is 11.4. The second kappa shape index (κ2) is 5.97. The van der Waals surface area contributed by atoms with Gasteiger partial charge in [0.15, 0.2) is 0 Å². The average molecular weight is 174 g/mol. The molecule has 1 amide bonds. The van der Waals surface area contributed by atoms with Gasteiger partial charge in [-0.3, -0.25) is 4.79 Å². The lowest BCUT2D eigenvalue weighted by atomic mass is 10.2. The van der Waals surface area contributed by atoms with Crippen LogP contribution in [0.2, 0.25) is 0 Å². The molecule has 2 atom stereocenters. The predicted molar refractivity (Wildman–Crippen MR) is 47.6 cm³/mol. The van der Waals surface area contributed by atoms with Crippen LogP contribution < -0.4 is 11.1 Å². The molecule has 0 aliphatic heterocycles. The van der Waals surface area contributed by atoms with Crippen LogP contribution in [-0.2, 0) is 4.79 Å². The average Bonchev–Trinajstić information content (AvgIpc) is 2.12. The molecule has 0 aromatic heterocycles. The minimum atomic E-state index is -0.453. The molecule has 0 aliphatic carbocycles. The Morgan fingerprint density at radius 1 is 1.50 bits per heavy atom. The Labute approximate surface area is 73.1 Å². The lowest BCUT2D eigenvalue weighted by Gasteiger charge is -2.16. The summed E-state index contributed by atoms with van der Waals surface area (Å²) in [4.78, 5) is 11.2. The minimum absolute atomic E-state index is 0.0291. The Morgan fingerprint density at radius 3 is 2.42 bits per heavy atom. The van der Waals surface area contributed by atoms with Crippen LogP contribution >= 0.6 is 0 Å². The molecule has 0 aliphatic rings. The van der Waals surface area contributed by atoms with Gasteiger partial charge < -0.3 is 16.2 Å². The van der Waals surface area contributed by atoms with Crippen molar-refractivity contribution in [1.82, 2.24) is 5.32 Å². The first-order valence-corrected chi connectivity index (χ1v) is 4.32. The maximum Gasteiger partial charge on any atom is 0.237 e. The van der Waals surface area contributed by atoms with Crippen molar-refractivity contribution in [1.29, 1.82) is 0 Å². The standard InChI is InChI=1S/C8H18N2O2/c1-3-6(5-11)10-8(12)7(9)4-2/h6-7,11H,3-5,9H2,1-2H3,(H,10,12)/t6?,7-/m1/s1. The summed E-state index contributed by atoms with van der Waals surface area (Å²) in [5.74, 6) is -0.182. The van der Waals surface area contributed by atoms with Crippen LogP contribution in [0.5, 0.6) is 0 Å². The molecular formula is C8H18N2O2. The summed E-state index contributed by atoms with van der Waals surface area (Å²) in [5, 5.41) is 11.4. The summed E-state index contributed by atoms with van der Waals surface area (Å²) in [6.07, 6.45) is 1.34. The molecule has 0 saturated heterocycles. The third-order valence-electron chi connectivity index (χ3n) is 1.84. The van der Waals surface area contributed by atoms with E-state index in [-0.39, 0.29) is 18.6 Å². The number of carbonyl (C=O) groups is 1. The molecule has 0 aromatic rings. The third-order valence-corrected chi connectivity index (χ3v) is 1.84. The fraction of sp³-hybridized carbons (Fsp3) is 0.875. The van der Waals surface area contributed by atoms with Gasteiger partial charge in [-0.15, -0.1) is 0 Å². The van der Waals surface area contributed by atoms with E-state index in [1.807, 2.05) is 13.8 Å². The molecule has 4 nitrogen and oxygen atoms in total. The van der Waals surface area contributed by atoms with E-state index in [0.717, 1.165) is 6.42 Å². The van der Waals surface area contributed by atoms with Crippen molar-refractivity contribution in [3.05, 3.63) is 0 Å². The zero-order valence-electron chi connectivity index (χ0n) is 7.71. The molecule has 0 rings (SSSR count). The summed E-state index contributed by atoms with van der Waals surface area (Å²) in [7, 11) is 0. The second-order valence-corrected chi connectivity index (χ2v) is 2.81. The maximum atomic E-state index is 11.2. The van der Waals surface area contributed by atoms with E-state index in [4.69, 9.17) is 10.8 Å². The Morgan fingerprint density at radius 2 is 2.08 bits per heavy atom. The van der Waals surface area contributed by atoms with Gasteiger partial charge in [0.2, 0.25) is 5.91 Å². The molecule has 72 valence electrons. The lowest BCUT2D eigenvalue weighted by molar-refractivity contribution is -0.123. The molecule has 0 saturated carbocycles.